The summed E-state index contributed by atoms with van der Waals surface area (Å²) in [6.07, 6.45) is 0. The Morgan fingerprint density at radius 3 is 0.396 bits per heavy atom. The van der Waals surface area contributed by atoms with Gasteiger partial charge in [0.2, 0.25) is 0 Å². The minimum absolute atomic E-state index is 0.176. The fraction of sp³-hybridized carbons (Fsp3) is 0.786. The molecule has 0 aliphatic rings. The van der Waals surface area contributed by atoms with Gasteiger partial charge < -0.3 is 91.9 Å². The lowest BCUT2D eigenvalue weighted by Crippen LogP contribution is -2.37. The molecular formula is C28H60O20. The Balaban J connectivity index is -0.000000111. The highest BCUT2D eigenvalue weighted by Crippen LogP contribution is 2.13. The first-order chi connectivity index (χ1) is 22.3. The molecule has 0 saturated heterocycles. The van der Waals surface area contributed by atoms with Gasteiger partial charge in [-0.2, -0.15) is 0 Å². The summed E-state index contributed by atoms with van der Waals surface area (Å²) in [7, 11) is 0. The van der Waals surface area contributed by atoms with E-state index in [9.17, 15) is 9.59 Å². The molecule has 0 aliphatic heterocycles. The summed E-state index contributed by atoms with van der Waals surface area (Å²) in [6.45, 7) is 2.70. The molecule has 0 bridgehead atoms. The van der Waals surface area contributed by atoms with Crippen LogP contribution >= 0.6 is 0 Å². The van der Waals surface area contributed by atoms with Gasteiger partial charge >= 0.3 is 11.9 Å². The lowest BCUT2D eigenvalue weighted by atomic mass is 9.93. The Bertz CT molecular complexity index is 577. The fourth-order valence-electron chi connectivity index (χ4n) is 1.20. The molecular weight excluding hydrogens is 656 g/mol. The number of aliphatic carboxylic acids is 2. The van der Waals surface area contributed by atoms with Crippen molar-refractivity contribution in [3.05, 3.63) is 24.3 Å². The van der Waals surface area contributed by atoms with Gasteiger partial charge in [-0.25, -0.2) is 9.59 Å². The molecule has 0 aromatic rings. The van der Waals surface area contributed by atoms with Crippen molar-refractivity contribution in [3.63, 3.8) is 0 Å². The van der Waals surface area contributed by atoms with Crippen molar-refractivity contribution >= 4 is 11.9 Å². The zero-order valence-electron chi connectivity index (χ0n) is 27.6. The summed E-state index contributed by atoms with van der Waals surface area (Å²) < 4.78 is 0. The summed E-state index contributed by atoms with van der Waals surface area (Å²) in [6, 6.07) is 0. The number of carbonyl (C=O) groups is 2. The average molecular weight is 717 g/mol. The number of rotatable bonds is 18. The van der Waals surface area contributed by atoms with E-state index in [-0.39, 0.29) is 11.1 Å². The third-order valence-corrected chi connectivity index (χ3v) is 6.10. The van der Waals surface area contributed by atoms with E-state index in [2.05, 4.69) is 13.2 Å². The molecule has 0 aromatic carbocycles. The Morgan fingerprint density at radius 2 is 0.396 bits per heavy atom. The Labute approximate surface area is 279 Å². The molecule has 0 heterocycles. The lowest BCUT2D eigenvalue weighted by molar-refractivity contribution is -0.133. The predicted molar refractivity (Wildman–Crippen MR) is 168 cm³/mol. The second-order valence-electron chi connectivity index (χ2n) is 10.7. The number of carboxylic acid groups (broad SMARTS) is 2. The minimum atomic E-state index is -1.11. The Morgan fingerprint density at radius 1 is 0.333 bits per heavy atom. The van der Waals surface area contributed by atoms with E-state index in [4.69, 9.17) is 91.9 Å². The number of aliphatic hydroxyl groups excluding tert-OH is 16. The highest BCUT2D eigenvalue weighted by molar-refractivity contribution is 5.85. The van der Waals surface area contributed by atoms with E-state index in [1.54, 1.807) is 0 Å². The zero-order chi connectivity index (χ0) is 39.6. The summed E-state index contributed by atoms with van der Waals surface area (Å²) in [5, 5.41) is 152. The van der Waals surface area contributed by atoms with Crippen LogP contribution in [0, 0.1) is 21.7 Å². The molecule has 0 atom stereocenters. The largest absolute Gasteiger partial charge is 0.478 e. The van der Waals surface area contributed by atoms with Crippen molar-refractivity contribution in [2.45, 2.75) is 13.8 Å². The van der Waals surface area contributed by atoms with E-state index >= 15 is 0 Å². The topological polar surface area (TPSA) is 398 Å². The summed E-state index contributed by atoms with van der Waals surface area (Å²) in [5.74, 6) is -1.87. The molecule has 0 aliphatic carbocycles. The van der Waals surface area contributed by atoms with E-state index in [0.29, 0.717) is 0 Å². The molecule has 292 valence electrons. The molecule has 48 heavy (non-hydrogen) atoms. The van der Waals surface area contributed by atoms with Crippen LogP contribution in [0.2, 0.25) is 0 Å². The normalized spacial score (nSPS) is 10.9. The number of aliphatic hydroxyl groups is 16. The van der Waals surface area contributed by atoms with Crippen LogP contribution in [0.3, 0.4) is 0 Å². The van der Waals surface area contributed by atoms with Crippen LogP contribution < -0.4 is 0 Å². The van der Waals surface area contributed by atoms with Gasteiger partial charge in [0.1, 0.15) is 0 Å². The molecule has 0 spiro atoms. The number of hydrogen-bond acceptors (Lipinski definition) is 18. The lowest BCUT2D eigenvalue weighted by Gasteiger charge is -2.23. The SMILES string of the molecule is C=C(C)C(=O)O.C=C(C)C(=O)O.OCC(CO)(CO)CO.OCC(CO)(CO)CO.OCC(CO)(CO)CO.OCC(CO)(CO)CO. The molecule has 0 radical (unpaired) electrons. The van der Waals surface area contributed by atoms with E-state index in [1.807, 2.05) is 0 Å². The maximum atomic E-state index is 9.60. The van der Waals surface area contributed by atoms with Gasteiger partial charge in [0, 0.05) is 11.1 Å². The first-order valence-electron chi connectivity index (χ1n) is 13.8. The molecule has 0 aromatic heterocycles. The van der Waals surface area contributed by atoms with Crippen molar-refractivity contribution in [2.24, 2.45) is 21.7 Å². The smallest absolute Gasteiger partial charge is 0.330 e. The predicted octanol–water partition coefficient (Wildman–Crippen LogP) is -6.94. The van der Waals surface area contributed by atoms with Crippen LogP contribution in [0.25, 0.3) is 0 Å². The quantitative estimate of drug-likeness (QED) is 0.0586. The van der Waals surface area contributed by atoms with Crippen molar-refractivity contribution < 1.29 is 102 Å². The van der Waals surface area contributed by atoms with Gasteiger partial charge in [0.15, 0.2) is 0 Å². The molecule has 18 N–H and O–H groups in total. The van der Waals surface area contributed by atoms with E-state index in [1.165, 1.54) is 13.8 Å². The van der Waals surface area contributed by atoms with Gasteiger partial charge in [0.25, 0.3) is 0 Å². The highest BCUT2D eigenvalue weighted by atomic mass is 16.4. The zero-order valence-corrected chi connectivity index (χ0v) is 27.6. The molecule has 0 unspecified atom stereocenters. The van der Waals surface area contributed by atoms with Gasteiger partial charge in [-0.1, -0.05) is 13.2 Å². The molecule has 0 rings (SSSR count). The maximum absolute atomic E-state index is 9.60. The van der Waals surface area contributed by atoms with Crippen LogP contribution in [-0.2, 0) is 9.59 Å². The second kappa shape index (κ2) is 34.6. The second-order valence-corrected chi connectivity index (χ2v) is 10.7. The molecule has 0 saturated carbocycles. The Kier molecular flexibility index (Phi) is 41.9. The Hall–Kier alpha value is -2.22. The van der Waals surface area contributed by atoms with Crippen molar-refractivity contribution in [2.75, 3.05) is 106 Å². The van der Waals surface area contributed by atoms with E-state index in [0.717, 1.165) is 0 Å². The van der Waals surface area contributed by atoms with Gasteiger partial charge in [-0.3, -0.25) is 0 Å². The molecule has 20 heteroatoms. The first kappa shape index (κ1) is 58.0. The number of hydrogen-bond donors (Lipinski definition) is 18. The third-order valence-electron chi connectivity index (χ3n) is 6.10. The maximum Gasteiger partial charge on any atom is 0.330 e. The minimum Gasteiger partial charge on any atom is -0.478 e. The van der Waals surface area contributed by atoms with Crippen molar-refractivity contribution in [3.8, 4) is 0 Å². The van der Waals surface area contributed by atoms with Crippen LogP contribution in [0.5, 0.6) is 0 Å². The van der Waals surface area contributed by atoms with Gasteiger partial charge in [0.05, 0.1) is 127 Å². The average Bonchev–Trinajstić information content (AvgIpc) is 3.11. The highest BCUT2D eigenvalue weighted by Gasteiger charge is 2.28. The van der Waals surface area contributed by atoms with Crippen LogP contribution in [0.15, 0.2) is 24.3 Å². The van der Waals surface area contributed by atoms with E-state index < -0.39 is 139 Å². The van der Waals surface area contributed by atoms with Gasteiger partial charge in [-0.15, -0.1) is 0 Å². The van der Waals surface area contributed by atoms with Gasteiger partial charge in [-0.05, 0) is 13.8 Å². The summed E-state index contributed by atoms with van der Waals surface area (Å²) >= 11 is 0. The van der Waals surface area contributed by atoms with Crippen LogP contribution in [-0.4, -0.2) is 210 Å². The molecule has 0 fully saturated rings. The third kappa shape index (κ3) is 27.7. The van der Waals surface area contributed by atoms with Crippen LogP contribution in [0.4, 0.5) is 0 Å². The van der Waals surface area contributed by atoms with Crippen LogP contribution in [0.1, 0.15) is 13.8 Å². The number of carboxylic acids is 2. The monoisotopic (exact) mass is 716 g/mol. The van der Waals surface area contributed by atoms with Crippen molar-refractivity contribution in [1.29, 1.82) is 0 Å². The standard InChI is InChI=1S/4C5H12O4.2C4H6O2/c4*6-1-5(2-7,3-8)4-9;2*1-3(2)4(5)6/h4*6-9H,1-4H2;2*1H2,2H3,(H,5,6). The summed E-state index contributed by atoms with van der Waals surface area (Å²) in [5.41, 5.74) is -4.09. The first-order valence-corrected chi connectivity index (χ1v) is 13.8. The van der Waals surface area contributed by atoms with Crippen molar-refractivity contribution in [1.82, 2.24) is 0 Å². The molecule has 20 nitrogen and oxygen atoms in total. The molecule has 0 amide bonds. The summed E-state index contributed by atoms with van der Waals surface area (Å²) in [4.78, 5) is 19.2. The fourth-order valence-corrected chi connectivity index (χ4v) is 1.20.